The molecule has 0 radical (unpaired) electrons. The average Bonchev–Trinajstić information content (AvgIpc) is 2.75. The van der Waals surface area contributed by atoms with Gasteiger partial charge in [0.1, 0.15) is 0 Å². The molecule has 3 rings (SSSR count). The molecule has 1 heterocycles. The van der Waals surface area contributed by atoms with E-state index in [-0.39, 0.29) is 23.7 Å². The van der Waals surface area contributed by atoms with E-state index >= 15 is 0 Å². The van der Waals surface area contributed by atoms with Gasteiger partial charge in [0, 0.05) is 44.6 Å². The van der Waals surface area contributed by atoms with E-state index in [1.165, 1.54) is 5.56 Å². The van der Waals surface area contributed by atoms with Gasteiger partial charge >= 0.3 is 0 Å². The van der Waals surface area contributed by atoms with Crippen LogP contribution in [-0.4, -0.2) is 62.7 Å². The van der Waals surface area contributed by atoms with Crippen molar-refractivity contribution in [2.75, 3.05) is 45.9 Å². The van der Waals surface area contributed by atoms with Gasteiger partial charge < -0.3 is 15.4 Å². The molecule has 0 atom stereocenters. The average molecular weight is 388 g/mol. The molecule has 2 aliphatic rings. The lowest BCUT2D eigenvalue weighted by molar-refractivity contribution is -0.130. The number of hydrogen-bond donors (Lipinski definition) is 2. The van der Waals surface area contributed by atoms with Crippen LogP contribution < -0.4 is 10.6 Å². The van der Waals surface area contributed by atoms with Crippen molar-refractivity contribution in [2.24, 2.45) is 11.8 Å². The summed E-state index contributed by atoms with van der Waals surface area (Å²) in [6.45, 7) is 5.70. The van der Waals surface area contributed by atoms with Crippen LogP contribution in [0.15, 0.2) is 30.3 Å². The largest absolute Gasteiger partial charge is 0.379 e. The highest BCUT2D eigenvalue weighted by Gasteiger charge is 2.29. The van der Waals surface area contributed by atoms with Crippen LogP contribution in [-0.2, 0) is 20.7 Å². The third-order valence-corrected chi connectivity index (χ3v) is 5.86. The summed E-state index contributed by atoms with van der Waals surface area (Å²) in [5.74, 6) is 0.393. The number of morpholine rings is 1. The maximum Gasteiger partial charge on any atom is 0.223 e. The maximum absolute atomic E-state index is 12.4. The Hall–Kier alpha value is -1.92. The van der Waals surface area contributed by atoms with E-state index in [2.05, 4.69) is 27.7 Å². The number of rotatable bonds is 8. The smallest absolute Gasteiger partial charge is 0.223 e. The Labute approximate surface area is 168 Å². The molecule has 0 aromatic heterocycles. The fourth-order valence-electron chi connectivity index (χ4n) is 4.04. The van der Waals surface area contributed by atoms with Crippen molar-refractivity contribution in [2.45, 2.75) is 32.1 Å². The van der Waals surface area contributed by atoms with Gasteiger partial charge in [0.25, 0.3) is 0 Å². The first-order valence-corrected chi connectivity index (χ1v) is 10.6. The Morgan fingerprint density at radius 3 is 2.07 bits per heavy atom. The second-order valence-corrected chi connectivity index (χ2v) is 7.82. The van der Waals surface area contributed by atoms with Crippen molar-refractivity contribution in [3.63, 3.8) is 0 Å². The first-order valence-electron chi connectivity index (χ1n) is 10.6. The van der Waals surface area contributed by atoms with E-state index in [0.717, 1.165) is 65.0 Å². The lowest BCUT2D eigenvalue weighted by Gasteiger charge is -2.28. The Balaban J connectivity index is 1.28. The molecule has 0 bridgehead atoms. The summed E-state index contributed by atoms with van der Waals surface area (Å²) >= 11 is 0. The fourth-order valence-corrected chi connectivity index (χ4v) is 4.04. The van der Waals surface area contributed by atoms with Crippen LogP contribution in [0.1, 0.15) is 31.2 Å². The molecule has 0 unspecified atom stereocenters. The summed E-state index contributed by atoms with van der Waals surface area (Å²) in [7, 11) is 0. The number of nitrogens with one attached hydrogen (secondary N) is 2. The van der Waals surface area contributed by atoms with E-state index in [4.69, 9.17) is 4.74 Å². The Kier molecular flexibility index (Phi) is 8.30. The summed E-state index contributed by atoms with van der Waals surface area (Å²) in [4.78, 5) is 27.1. The molecule has 0 spiro atoms. The predicted molar refractivity (Wildman–Crippen MR) is 109 cm³/mol. The molecule has 2 amide bonds. The van der Waals surface area contributed by atoms with Gasteiger partial charge in [0.2, 0.25) is 11.8 Å². The van der Waals surface area contributed by atoms with Crippen LogP contribution in [0.2, 0.25) is 0 Å². The molecular weight excluding hydrogens is 354 g/mol. The van der Waals surface area contributed by atoms with Gasteiger partial charge in [-0.25, -0.2) is 0 Å². The van der Waals surface area contributed by atoms with Crippen molar-refractivity contribution < 1.29 is 14.3 Å². The third kappa shape index (κ3) is 6.60. The van der Waals surface area contributed by atoms with Crippen molar-refractivity contribution in [3.8, 4) is 0 Å². The quantitative estimate of drug-likeness (QED) is 0.711. The van der Waals surface area contributed by atoms with Gasteiger partial charge in [-0.3, -0.25) is 14.5 Å². The number of carbonyl (C=O) groups excluding carboxylic acids is 2. The van der Waals surface area contributed by atoms with Crippen LogP contribution in [0, 0.1) is 11.8 Å². The molecule has 2 N–H and O–H groups in total. The van der Waals surface area contributed by atoms with Gasteiger partial charge in [-0.2, -0.15) is 0 Å². The molecular formula is C22H33N3O3. The Morgan fingerprint density at radius 2 is 1.46 bits per heavy atom. The topological polar surface area (TPSA) is 70.7 Å². The normalized spacial score (nSPS) is 23.1. The van der Waals surface area contributed by atoms with Gasteiger partial charge in [-0.05, 0) is 37.7 Å². The minimum Gasteiger partial charge on any atom is -0.379 e. The van der Waals surface area contributed by atoms with Crippen molar-refractivity contribution >= 4 is 11.8 Å². The first kappa shape index (κ1) is 20.8. The molecule has 2 fully saturated rings. The highest BCUT2D eigenvalue weighted by atomic mass is 16.5. The standard InChI is InChI=1S/C22H33N3O3/c26-21(23-11-10-18-4-2-1-3-5-18)19-6-8-20(9-7-19)22(27)24-12-13-25-14-16-28-17-15-25/h1-5,19-20H,6-17H2,(H,23,26)(H,24,27). The van der Waals surface area contributed by atoms with Crippen molar-refractivity contribution in [1.29, 1.82) is 0 Å². The molecule has 1 saturated heterocycles. The number of carbonyl (C=O) groups is 2. The second kappa shape index (κ2) is 11.2. The molecule has 28 heavy (non-hydrogen) atoms. The number of ether oxygens (including phenoxy) is 1. The van der Waals surface area contributed by atoms with Crippen molar-refractivity contribution in [1.82, 2.24) is 15.5 Å². The van der Waals surface area contributed by atoms with Crippen LogP contribution >= 0.6 is 0 Å². The lowest BCUT2D eigenvalue weighted by Crippen LogP contribution is -2.43. The van der Waals surface area contributed by atoms with E-state index in [1.54, 1.807) is 0 Å². The van der Waals surface area contributed by atoms with Crippen LogP contribution in [0.3, 0.4) is 0 Å². The predicted octanol–water partition coefficient (Wildman–Crippen LogP) is 1.60. The van der Waals surface area contributed by atoms with Gasteiger partial charge in [-0.15, -0.1) is 0 Å². The minimum absolute atomic E-state index is 0.0492. The van der Waals surface area contributed by atoms with Crippen LogP contribution in [0.4, 0.5) is 0 Å². The minimum atomic E-state index is 0.0492. The number of amides is 2. The number of nitrogens with zero attached hydrogens (tertiary/aromatic N) is 1. The second-order valence-electron chi connectivity index (χ2n) is 7.82. The molecule has 6 heteroatoms. The lowest BCUT2D eigenvalue weighted by atomic mass is 9.81. The number of benzene rings is 1. The molecule has 1 aromatic carbocycles. The van der Waals surface area contributed by atoms with E-state index in [1.807, 2.05) is 18.2 Å². The fraction of sp³-hybridized carbons (Fsp3) is 0.636. The Bertz CT molecular complexity index is 609. The first-order chi connectivity index (χ1) is 13.7. The zero-order valence-corrected chi connectivity index (χ0v) is 16.7. The van der Waals surface area contributed by atoms with E-state index in [9.17, 15) is 9.59 Å². The van der Waals surface area contributed by atoms with E-state index in [0.29, 0.717) is 13.1 Å². The summed E-state index contributed by atoms with van der Waals surface area (Å²) in [6.07, 6.45) is 4.07. The molecule has 1 aromatic rings. The van der Waals surface area contributed by atoms with Crippen molar-refractivity contribution in [3.05, 3.63) is 35.9 Å². The zero-order valence-electron chi connectivity index (χ0n) is 16.7. The van der Waals surface area contributed by atoms with Gasteiger partial charge in [-0.1, -0.05) is 30.3 Å². The van der Waals surface area contributed by atoms with Crippen LogP contribution in [0.25, 0.3) is 0 Å². The highest BCUT2D eigenvalue weighted by molar-refractivity contribution is 5.81. The SMILES string of the molecule is O=C(NCCc1ccccc1)C1CCC(C(=O)NCCN2CCOCC2)CC1. The summed E-state index contributed by atoms with van der Waals surface area (Å²) in [6, 6.07) is 10.2. The van der Waals surface area contributed by atoms with Gasteiger partial charge in [0.05, 0.1) is 13.2 Å². The molecule has 6 nitrogen and oxygen atoms in total. The number of hydrogen-bond acceptors (Lipinski definition) is 4. The molecule has 1 saturated carbocycles. The summed E-state index contributed by atoms with van der Waals surface area (Å²) < 4.78 is 5.34. The molecule has 1 aliphatic heterocycles. The van der Waals surface area contributed by atoms with Gasteiger partial charge in [0.15, 0.2) is 0 Å². The highest BCUT2D eigenvalue weighted by Crippen LogP contribution is 2.29. The van der Waals surface area contributed by atoms with Crippen LogP contribution in [0.5, 0.6) is 0 Å². The third-order valence-electron chi connectivity index (χ3n) is 5.86. The summed E-state index contributed by atoms with van der Waals surface area (Å²) in [5.41, 5.74) is 1.24. The zero-order chi connectivity index (χ0) is 19.6. The molecule has 154 valence electrons. The monoisotopic (exact) mass is 387 g/mol. The summed E-state index contributed by atoms with van der Waals surface area (Å²) in [5, 5.41) is 6.13. The Morgan fingerprint density at radius 1 is 0.893 bits per heavy atom. The molecule has 1 aliphatic carbocycles. The maximum atomic E-state index is 12.4. The van der Waals surface area contributed by atoms with E-state index < -0.39 is 0 Å².